The number of sulfone groups is 1. The van der Waals surface area contributed by atoms with Gasteiger partial charge in [0.15, 0.2) is 15.9 Å². The first-order valence-electron chi connectivity index (χ1n) is 8.26. The molecule has 0 aliphatic carbocycles. The van der Waals surface area contributed by atoms with Crippen LogP contribution in [0.25, 0.3) is 0 Å². The van der Waals surface area contributed by atoms with E-state index in [2.05, 4.69) is 10.9 Å². The summed E-state index contributed by atoms with van der Waals surface area (Å²) in [6.07, 6.45) is -0.192. The number of carbonyl (C=O) groups is 3. The number of rotatable bonds is 5. The number of hydrazine groups is 1. The Balaban J connectivity index is 2.00. The van der Waals surface area contributed by atoms with Gasteiger partial charge in [-0.15, -0.1) is 0 Å². The molecule has 0 heterocycles. The van der Waals surface area contributed by atoms with Crippen LogP contribution in [0.5, 0.6) is 0 Å². The number of carbonyl (C=O) groups excluding carboxylic acids is 3. The van der Waals surface area contributed by atoms with Gasteiger partial charge in [0.05, 0.1) is 10.5 Å². The van der Waals surface area contributed by atoms with Gasteiger partial charge in [-0.1, -0.05) is 24.3 Å². The highest BCUT2D eigenvalue weighted by Crippen LogP contribution is 2.17. The molecule has 0 aromatic heterocycles. The molecule has 0 aliphatic heterocycles. The number of hydrogen-bond acceptors (Lipinski definition) is 6. The highest BCUT2D eigenvalue weighted by atomic mass is 32.2. The Labute approximate surface area is 162 Å². The second kappa shape index (κ2) is 8.66. The van der Waals surface area contributed by atoms with Gasteiger partial charge in [0.1, 0.15) is 0 Å². The minimum atomic E-state index is -3.50. The van der Waals surface area contributed by atoms with Gasteiger partial charge < -0.3 is 4.74 Å². The summed E-state index contributed by atoms with van der Waals surface area (Å²) in [5.41, 5.74) is 5.29. The Kier molecular flexibility index (Phi) is 6.53. The van der Waals surface area contributed by atoms with Crippen LogP contribution in [0, 0.1) is 6.92 Å². The molecule has 0 saturated heterocycles. The van der Waals surface area contributed by atoms with Crippen LogP contribution in [-0.4, -0.2) is 38.6 Å². The maximum atomic E-state index is 12.3. The Hall–Kier alpha value is -3.20. The SMILES string of the molecule is Cc1ccc(S(C)(=O)=O)cc1C(=O)O[C@H](C)C(=O)NNC(=O)c1ccccc1. The predicted octanol–water partition coefficient (Wildman–Crippen LogP) is 1.41. The first kappa shape index (κ1) is 21.1. The number of nitrogens with one attached hydrogen (secondary N) is 2. The predicted molar refractivity (Wildman–Crippen MR) is 101 cm³/mol. The summed E-state index contributed by atoms with van der Waals surface area (Å²) in [5.74, 6) is -2.11. The van der Waals surface area contributed by atoms with Crippen LogP contribution in [0.4, 0.5) is 0 Å². The van der Waals surface area contributed by atoms with Gasteiger partial charge in [-0.3, -0.25) is 20.4 Å². The molecular formula is C19H20N2O6S. The van der Waals surface area contributed by atoms with Crippen molar-refractivity contribution in [2.45, 2.75) is 24.8 Å². The molecule has 9 heteroatoms. The van der Waals surface area contributed by atoms with E-state index in [9.17, 15) is 22.8 Å². The first-order chi connectivity index (χ1) is 13.1. The zero-order valence-electron chi connectivity index (χ0n) is 15.6. The van der Waals surface area contributed by atoms with Gasteiger partial charge in [0, 0.05) is 11.8 Å². The molecule has 0 spiro atoms. The molecule has 8 nitrogen and oxygen atoms in total. The first-order valence-corrected chi connectivity index (χ1v) is 10.2. The fourth-order valence-electron chi connectivity index (χ4n) is 2.21. The summed E-state index contributed by atoms with van der Waals surface area (Å²) in [6.45, 7) is 2.95. The highest BCUT2D eigenvalue weighted by Gasteiger charge is 2.22. The molecule has 2 aromatic carbocycles. The highest BCUT2D eigenvalue weighted by molar-refractivity contribution is 7.90. The Morgan fingerprint density at radius 1 is 1.00 bits per heavy atom. The minimum Gasteiger partial charge on any atom is -0.449 e. The summed E-state index contributed by atoms with van der Waals surface area (Å²) in [7, 11) is -3.50. The zero-order valence-corrected chi connectivity index (χ0v) is 16.4. The summed E-state index contributed by atoms with van der Waals surface area (Å²) < 4.78 is 28.4. The van der Waals surface area contributed by atoms with Crippen molar-refractivity contribution in [3.63, 3.8) is 0 Å². The van der Waals surface area contributed by atoms with Gasteiger partial charge in [-0.25, -0.2) is 13.2 Å². The second-order valence-corrected chi connectivity index (χ2v) is 8.12. The van der Waals surface area contributed by atoms with Crippen molar-refractivity contribution in [3.05, 3.63) is 65.2 Å². The van der Waals surface area contributed by atoms with Gasteiger partial charge in [0.2, 0.25) is 0 Å². The number of aryl methyl sites for hydroxylation is 1. The number of amides is 2. The van der Waals surface area contributed by atoms with E-state index in [-0.39, 0.29) is 10.5 Å². The molecule has 148 valence electrons. The maximum absolute atomic E-state index is 12.3. The fourth-order valence-corrected chi connectivity index (χ4v) is 2.86. The zero-order chi connectivity index (χ0) is 20.9. The molecule has 2 rings (SSSR count). The standard InChI is InChI=1S/C19H20N2O6S/c1-12-9-10-15(28(3,25)26)11-16(12)19(24)27-13(2)17(22)20-21-18(23)14-7-5-4-6-8-14/h4-11,13H,1-3H3,(H,20,22)(H,21,23)/t13-/m1/s1. The Bertz CT molecular complexity index is 1000. The topological polar surface area (TPSA) is 119 Å². The van der Waals surface area contributed by atoms with Gasteiger partial charge in [-0.2, -0.15) is 0 Å². The van der Waals surface area contributed by atoms with Crippen LogP contribution in [-0.2, 0) is 19.4 Å². The normalized spacial score (nSPS) is 12.0. The Morgan fingerprint density at radius 2 is 1.64 bits per heavy atom. The quantitative estimate of drug-likeness (QED) is 0.574. The van der Waals surface area contributed by atoms with E-state index >= 15 is 0 Å². The molecule has 0 bridgehead atoms. The lowest BCUT2D eigenvalue weighted by Gasteiger charge is -2.15. The third kappa shape index (κ3) is 5.40. The monoisotopic (exact) mass is 404 g/mol. The third-order valence-corrected chi connectivity index (χ3v) is 4.96. The number of ether oxygens (including phenoxy) is 1. The summed E-state index contributed by atoms with van der Waals surface area (Å²) in [4.78, 5) is 36.3. The van der Waals surface area contributed by atoms with Crippen molar-refractivity contribution >= 4 is 27.6 Å². The van der Waals surface area contributed by atoms with E-state index in [4.69, 9.17) is 4.74 Å². The van der Waals surface area contributed by atoms with E-state index in [1.165, 1.54) is 25.1 Å². The van der Waals surface area contributed by atoms with Crippen molar-refractivity contribution in [3.8, 4) is 0 Å². The van der Waals surface area contributed by atoms with Gasteiger partial charge in [0.25, 0.3) is 11.8 Å². The molecule has 0 aliphatic rings. The lowest BCUT2D eigenvalue weighted by Crippen LogP contribution is -2.46. The molecule has 1 atom stereocenters. The average molecular weight is 404 g/mol. The van der Waals surface area contributed by atoms with E-state index in [0.717, 1.165) is 6.26 Å². The smallest absolute Gasteiger partial charge is 0.339 e. The van der Waals surface area contributed by atoms with E-state index in [1.807, 2.05) is 0 Å². The van der Waals surface area contributed by atoms with Crippen molar-refractivity contribution in [1.29, 1.82) is 0 Å². The largest absolute Gasteiger partial charge is 0.449 e. The second-order valence-electron chi connectivity index (χ2n) is 6.11. The van der Waals surface area contributed by atoms with Crippen LogP contribution in [0.2, 0.25) is 0 Å². The summed E-state index contributed by atoms with van der Waals surface area (Å²) in [6, 6.07) is 12.3. The van der Waals surface area contributed by atoms with Crippen LogP contribution >= 0.6 is 0 Å². The van der Waals surface area contributed by atoms with Gasteiger partial charge in [-0.05, 0) is 43.7 Å². The van der Waals surface area contributed by atoms with Crippen LogP contribution in [0.3, 0.4) is 0 Å². The van der Waals surface area contributed by atoms with E-state index < -0.39 is 33.7 Å². The molecule has 0 unspecified atom stereocenters. The molecule has 0 saturated carbocycles. The average Bonchev–Trinajstić information content (AvgIpc) is 2.65. The summed E-state index contributed by atoms with van der Waals surface area (Å²) >= 11 is 0. The molecule has 0 fully saturated rings. The summed E-state index contributed by atoms with van der Waals surface area (Å²) in [5, 5.41) is 0. The van der Waals surface area contributed by atoms with Crippen LogP contribution in [0.1, 0.15) is 33.2 Å². The maximum Gasteiger partial charge on any atom is 0.339 e. The Morgan fingerprint density at radius 3 is 2.25 bits per heavy atom. The van der Waals surface area contributed by atoms with Crippen molar-refractivity contribution in [2.75, 3.05) is 6.26 Å². The number of hydrogen-bond donors (Lipinski definition) is 2. The van der Waals surface area contributed by atoms with Crippen LogP contribution in [0.15, 0.2) is 53.4 Å². The third-order valence-electron chi connectivity index (χ3n) is 3.85. The molecule has 0 radical (unpaired) electrons. The lowest BCUT2D eigenvalue weighted by molar-refractivity contribution is -0.129. The van der Waals surface area contributed by atoms with Crippen molar-refractivity contribution < 1.29 is 27.5 Å². The van der Waals surface area contributed by atoms with Crippen LogP contribution < -0.4 is 10.9 Å². The number of esters is 1. The molecule has 2 amide bonds. The van der Waals surface area contributed by atoms with E-state index in [0.29, 0.717) is 11.1 Å². The fraction of sp³-hybridized carbons (Fsp3) is 0.211. The molecular weight excluding hydrogens is 384 g/mol. The lowest BCUT2D eigenvalue weighted by atomic mass is 10.1. The minimum absolute atomic E-state index is 0.0303. The van der Waals surface area contributed by atoms with Crippen molar-refractivity contribution in [2.24, 2.45) is 0 Å². The van der Waals surface area contributed by atoms with Crippen molar-refractivity contribution in [1.82, 2.24) is 10.9 Å². The number of benzene rings is 2. The molecule has 28 heavy (non-hydrogen) atoms. The van der Waals surface area contributed by atoms with E-state index in [1.54, 1.807) is 37.3 Å². The van der Waals surface area contributed by atoms with Gasteiger partial charge >= 0.3 is 5.97 Å². The molecule has 2 N–H and O–H groups in total. The molecule has 2 aromatic rings.